The zero-order valence-corrected chi connectivity index (χ0v) is 15.8. The fourth-order valence-corrected chi connectivity index (χ4v) is 3.43. The van der Waals surface area contributed by atoms with Crippen molar-refractivity contribution < 1.29 is 13.5 Å². The third kappa shape index (κ3) is 4.85. The summed E-state index contributed by atoms with van der Waals surface area (Å²) in [7, 11) is 0. The molecule has 3 rings (SSSR count). The van der Waals surface area contributed by atoms with Gasteiger partial charge in [-0.1, -0.05) is 68.7 Å². The number of hydrogen-bond donors (Lipinski definition) is 0. The van der Waals surface area contributed by atoms with E-state index in [-0.39, 0.29) is 12.2 Å². The van der Waals surface area contributed by atoms with Crippen molar-refractivity contribution in [3.05, 3.63) is 83.9 Å². The fourth-order valence-electron chi connectivity index (χ4n) is 3.43. The standard InChI is InChI=1S/C24H26F2O/c1-2-3-4-7-16-27-21-12-9-15-24(26,18-21)23-14-6-5-13-22(23)19-10-8-11-20(25)17-19/h5-6,8-14,17-18H,2-4,7,15-16H2,1H3. The first kappa shape index (κ1) is 19.3. The van der Waals surface area contributed by atoms with Gasteiger partial charge in [0.1, 0.15) is 11.6 Å². The lowest BCUT2D eigenvalue weighted by Crippen LogP contribution is -2.21. The SMILES string of the molecule is CCCCCCOC1=CC(F)(c2ccccc2-c2cccc(F)c2)CC=C1. The van der Waals surface area contributed by atoms with Crippen LogP contribution in [0.3, 0.4) is 0 Å². The monoisotopic (exact) mass is 368 g/mol. The lowest BCUT2D eigenvalue weighted by molar-refractivity contribution is 0.185. The van der Waals surface area contributed by atoms with Gasteiger partial charge in [-0.2, -0.15) is 0 Å². The Morgan fingerprint density at radius 2 is 1.89 bits per heavy atom. The summed E-state index contributed by atoms with van der Waals surface area (Å²) in [5.74, 6) is 0.236. The molecule has 2 aromatic rings. The Hall–Kier alpha value is -2.42. The summed E-state index contributed by atoms with van der Waals surface area (Å²) in [5.41, 5.74) is 0.240. The molecule has 1 nitrogen and oxygen atoms in total. The van der Waals surface area contributed by atoms with Gasteiger partial charge < -0.3 is 4.74 Å². The molecule has 1 aliphatic carbocycles. The smallest absolute Gasteiger partial charge is 0.162 e. The maximum atomic E-state index is 15.9. The van der Waals surface area contributed by atoms with Gasteiger partial charge in [-0.3, -0.25) is 0 Å². The van der Waals surface area contributed by atoms with Gasteiger partial charge in [0.15, 0.2) is 5.67 Å². The Bertz CT molecular complexity index is 825. The Morgan fingerprint density at radius 1 is 1.04 bits per heavy atom. The number of unbranched alkanes of at least 4 members (excludes halogenated alkanes) is 3. The van der Waals surface area contributed by atoms with Crippen LogP contribution in [-0.2, 0) is 10.4 Å². The molecule has 3 heteroatoms. The van der Waals surface area contributed by atoms with Gasteiger partial charge in [0, 0.05) is 12.0 Å². The molecule has 0 heterocycles. The summed E-state index contributed by atoms with van der Waals surface area (Å²) in [5, 5.41) is 0. The maximum Gasteiger partial charge on any atom is 0.162 e. The van der Waals surface area contributed by atoms with Crippen molar-refractivity contribution in [2.24, 2.45) is 0 Å². The molecule has 0 amide bonds. The Kier molecular flexibility index (Phi) is 6.44. The molecule has 142 valence electrons. The Morgan fingerprint density at radius 3 is 2.70 bits per heavy atom. The number of alkyl halides is 1. The zero-order chi connectivity index (χ0) is 19.1. The molecule has 1 atom stereocenters. The molecule has 0 radical (unpaired) electrons. The quantitative estimate of drug-likeness (QED) is 0.452. The van der Waals surface area contributed by atoms with Gasteiger partial charge in [0.05, 0.1) is 6.61 Å². The summed E-state index contributed by atoms with van der Waals surface area (Å²) < 4.78 is 35.4. The van der Waals surface area contributed by atoms with Crippen molar-refractivity contribution in [3.63, 3.8) is 0 Å². The van der Waals surface area contributed by atoms with Crippen LogP contribution in [0, 0.1) is 5.82 Å². The number of rotatable bonds is 8. The second-order valence-electron chi connectivity index (χ2n) is 6.98. The lowest BCUT2D eigenvalue weighted by atomic mass is 9.84. The highest BCUT2D eigenvalue weighted by atomic mass is 19.1. The molecule has 0 aromatic heterocycles. The van der Waals surface area contributed by atoms with Gasteiger partial charge in [0.25, 0.3) is 0 Å². The molecule has 1 aliphatic rings. The van der Waals surface area contributed by atoms with Crippen LogP contribution in [0.15, 0.2) is 72.5 Å². The van der Waals surface area contributed by atoms with E-state index in [0.29, 0.717) is 29.1 Å². The zero-order valence-electron chi connectivity index (χ0n) is 15.8. The Balaban J connectivity index is 1.84. The molecule has 1 unspecified atom stereocenters. The number of hydrogen-bond acceptors (Lipinski definition) is 1. The normalized spacial score (nSPS) is 19.0. The molecule has 0 fully saturated rings. The second kappa shape index (κ2) is 8.98. The first-order valence-corrected chi connectivity index (χ1v) is 9.69. The molecule has 0 bridgehead atoms. The number of halogens is 2. The Labute approximate surface area is 160 Å². The van der Waals surface area contributed by atoms with Gasteiger partial charge in [-0.25, -0.2) is 8.78 Å². The van der Waals surface area contributed by atoms with Crippen molar-refractivity contribution in [1.29, 1.82) is 0 Å². The van der Waals surface area contributed by atoms with Gasteiger partial charge >= 0.3 is 0 Å². The topological polar surface area (TPSA) is 9.23 Å². The molecular weight excluding hydrogens is 342 g/mol. The molecular formula is C24H26F2O. The van der Waals surface area contributed by atoms with Gasteiger partial charge in [-0.15, -0.1) is 0 Å². The minimum atomic E-state index is -1.67. The van der Waals surface area contributed by atoms with E-state index in [2.05, 4.69) is 6.92 Å². The predicted octanol–water partition coefficient (Wildman–Crippen LogP) is 7.10. The van der Waals surface area contributed by atoms with E-state index in [1.165, 1.54) is 25.0 Å². The van der Waals surface area contributed by atoms with E-state index < -0.39 is 5.67 Å². The number of benzene rings is 2. The second-order valence-corrected chi connectivity index (χ2v) is 6.98. The lowest BCUT2D eigenvalue weighted by Gasteiger charge is -2.27. The van der Waals surface area contributed by atoms with E-state index in [1.807, 2.05) is 30.4 Å². The third-order valence-corrected chi connectivity index (χ3v) is 4.85. The summed E-state index contributed by atoms with van der Waals surface area (Å²) in [6, 6.07) is 13.6. The number of allylic oxidation sites excluding steroid dienone is 3. The largest absolute Gasteiger partial charge is 0.494 e. The molecule has 2 aromatic carbocycles. The summed E-state index contributed by atoms with van der Waals surface area (Å²) in [6.45, 7) is 2.76. The molecule has 0 aliphatic heterocycles. The first-order valence-electron chi connectivity index (χ1n) is 9.69. The summed E-state index contributed by atoms with van der Waals surface area (Å²) >= 11 is 0. The highest BCUT2D eigenvalue weighted by Gasteiger charge is 2.33. The van der Waals surface area contributed by atoms with E-state index in [4.69, 9.17) is 4.74 Å². The van der Waals surface area contributed by atoms with E-state index in [9.17, 15) is 4.39 Å². The van der Waals surface area contributed by atoms with Crippen molar-refractivity contribution >= 4 is 0 Å². The average molecular weight is 368 g/mol. The van der Waals surface area contributed by atoms with Crippen LogP contribution in [0.1, 0.15) is 44.6 Å². The third-order valence-electron chi connectivity index (χ3n) is 4.85. The first-order chi connectivity index (χ1) is 13.1. The molecule has 0 saturated carbocycles. The average Bonchev–Trinajstić information content (AvgIpc) is 2.68. The maximum absolute atomic E-state index is 15.9. The van der Waals surface area contributed by atoms with Crippen molar-refractivity contribution in [1.82, 2.24) is 0 Å². The molecule has 27 heavy (non-hydrogen) atoms. The summed E-state index contributed by atoms with van der Waals surface area (Å²) in [4.78, 5) is 0. The van der Waals surface area contributed by atoms with Gasteiger partial charge in [0.2, 0.25) is 0 Å². The van der Waals surface area contributed by atoms with Crippen molar-refractivity contribution in [3.8, 4) is 11.1 Å². The minimum absolute atomic E-state index is 0.238. The summed E-state index contributed by atoms with van der Waals surface area (Å²) in [6.07, 6.45) is 9.90. The van der Waals surface area contributed by atoms with E-state index in [1.54, 1.807) is 24.3 Å². The van der Waals surface area contributed by atoms with Crippen LogP contribution in [-0.4, -0.2) is 6.61 Å². The van der Waals surface area contributed by atoms with E-state index >= 15 is 4.39 Å². The fraction of sp³-hybridized carbons (Fsp3) is 0.333. The van der Waals surface area contributed by atoms with Crippen LogP contribution >= 0.6 is 0 Å². The molecule has 0 N–H and O–H groups in total. The van der Waals surface area contributed by atoms with Crippen molar-refractivity contribution in [2.45, 2.75) is 44.7 Å². The van der Waals surface area contributed by atoms with Crippen LogP contribution in [0.25, 0.3) is 11.1 Å². The van der Waals surface area contributed by atoms with Crippen LogP contribution in [0.2, 0.25) is 0 Å². The minimum Gasteiger partial charge on any atom is -0.494 e. The molecule has 0 saturated heterocycles. The number of ether oxygens (including phenoxy) is 1. The van der Waals surface area contributed by atoms with Crippen LogP contribution in [0.4, 0.5) is 8.78 Å². The van der Waals surface area contributed by atoms with Crippen molar-refractivity contribution in [2.75, 3.05) is 6.61 Å². The predicted molar refractivity (Wildman–Crippen MR) is 107 cm³/mol. The van der Waals surface area contributed by atoms with Crippen LogP contribution in [0.5, 0.6) is 0 Å². The van der Waals surface area contributed by atoms with Crippen LogP contribution < -0.4 is 0 Å². The highest BCUT2D eigenvalue weighted by Crippen LogP contribution is 2.41. The highest BCUT2D eigenvalue weighted by molar-refractivity contribution is 5.69. The van der Waals surface area contributed by atoms with Gasteiger partial charge in [-0.05, 0) is 41.8 Å². The molecule has 0 spiro atoms. The van der Waals surface area contributed by atoms with E-state index in [0.717, 1.165) is 12.8 Å².